The average Bonchev–Trinajstić information content (AvgIpc) is 2.96. The fourth-order valence-corrected chi connectivity index (χ4v) is 3.12. The highest BCUT2D eigenvalue weighted by Gasteiger charge is 2.27. The smallest absolute Gasteiger partial charge is 0.263 e. The Morgan fingerprint density at radius 2 is 1.86 bits per heavy atom. The van der Waals surface area contributed by atoms with Gasteiger partial charge in [0.2, 0.25) is 0 Å². The van der Waals surface area contributed by atoms with Crippen LogP contribution in [-0.2, 0) is 4.79 Å². The molecule has 1 aromatic rings. The number of rotatable bonds is 4. The Bertz CT molecular complexity index is 518. The first-order valence-corrected chi connectivity index (χ1v) is 7.91. The van der Waals surface area contributed by atoms with E-state index in [1.165, 1.54) is 18.4 Å². The van der Waals surface area contributed by atoms with Gasteiger partial charge in [0, 0.05) is 13.1 Å². The summed E-state index contributed by atoms with van der Waals surface area (Å²) in [5.41, 5.74) is 3.48. The fourth-order valence-electron chi connectivity index (χ4n) is 3.12. The Hall–Kier alpha value is -1.51. The molecule has 2 rings (SSSR count). The highest BCUT2D eigenvalue weighted by atomic mass is 16.5. The van der Waals surface area contributed by atoms with Crippen LogP contribution in [0.3, 0.4) is 0 Å². The lowest BCUT2D eigenvalue weighted by Crippen LogP contribution is -2.43. The minimum Gasteiger partial charge on any atom is -0.481 e. The van der Waals surface area contributed by atoms with Crippen LogP contribution in [0.2, 0.25) is 0 Å². The van der Waals surface area contributed by atoms with Crippen LogP contribution in [0.1, 0.15) is 49.3 Å². The highest BCUT2D eigenvalue weighted by Crippen LogP contribution is 2.26. The second-order valence-corrected chi connectivity index (χ2v) is 6.35. The molecular weight excluding hydrogens is 262 g/mol. The van der Waals surface area contributed by atoms with Crippen molar-refractivity contribution in [2.75, 3.05) is 7.05 Å². The molecule has 3 heteroatoms. The number of carbonyl (C=O) groups is 1. The third-order valence-electron chi connectivity index (χ3n) is 4.64. The van der Waals surface area contributed by atoms with Crippen LogP contribution in [0, 0.1) is 20.8 Å². The van der Waals surface area contributed by atoms with Crippen molar-refractivity contribution in [3.63, 3.8) is 0 Å². The quantitative estimate of drug-likeness (QED) is 0.844. The summed E-state index contributed by atoms with van der Waals surface area (Å²) in [4.78, 5) is 14.4. The van der Waals surface area contributed by atoms with Crippen LogP contribution in [-0.4, -0.2) is 30.0 Å². The lowest BCUT2D eigenvalue weighted by Gasteiger charge is -2.28. The van der Waals surface area contributed by atoms with Crippen molar-refractivity contribution < 1.29 is 9.53 Å². The third-order valence-corrected chi connectivity index (χ3v) is 4.64. The van der Waals surface area contributed by atoms with E-state index in [1.54, 1.807) is 0 Å². The molecule has 0 aromatic heterocycles. The molecule has 0 aliphatic heterocycles. The molecule has 0 radical (unpaired) electrons. The monoisotopic (exact) mass is 289 g/mol. The van der Waals surface area contributed by atoms with E-state index in [-0.39, 0.29) is 5.91 Å². The summed E-state index contributed by atoms with van der Waals surface area (Å²) in [6.07, 6.45) is 4.27. The number of hydrogen-bond donors (Lipinski definition) is 0. The Labute approximate surface area is 128 Å². The molecule has 1 atom stereocenters. The van der Waals surface area contributed by atoms with E-state index in [2.05, 4.69) is 19.9 Å². The summed E-state index contributed by atoms with van der Waals surface area (Å²) >= 11 is 0. The molecule has 1 amide bonds. The zero-order chi connectivity index (χ0) is 15.6. The highest BCUT2D eigenvalue weighted by molar-refractivity contribution is 5.81. The van der Waals surface area contributed by atoms with Crippen molar-refractivity contribution in [2.45, 2.75) is 65.5 Å². The first kappa shape index (κ1) is 15.9. The molecular formula is C18H27NO2. The third kappa shape index (κ3) is 3.58. The van der Waals surface area contributed by atoms with Gasteiger partial charge in [0.1, 0.15) is 5.75 Å². The second kappa shape index (κ2) is 6.50. The van der Waals surface area contributed by atoms with Crippen LogP contribution < -0.4 is 4.74 Å². The van der Waals surface area contributed by atoms with Gasteiger partial charge in [0.05, 0.1) is 0 Å². The molecule has 1 saturated carbocycles. The number of aryl methyl sites for hydroxylation is 2. The van der Waals surface area contributed by atoms with Crippen molar-refractivity contribution in [1.82, 2.24) is 4.90 Å². The topological polar surface area (TPSA) is 29.5 Å². The van der Waals surface area contributed by atoms with Gasteiger partial charge in [-0.3, -0.25) is 4.79 Å². The van der Waals surface area contributed by atoms with Crippen LogP contribution in [0.25, 0.3) is 0 Å². The van der Waals surface area contributed by atoms with Crippen LogP contribution in [0.4, 0.5) is 0 Å². The van der Waals surface area contributed by atoms with E-state index in [1.807, 2.05) is 31.9 Å². The van der Waals surface area contributed by atoms with Gasteiger partial charge in [-0.2, -0.15) is 0 Å². The van der Waals surface area contributed by atoms with Crippen LogP contribution in [0.15, 0.2) is 12.1 Å². The Balaban J connectivity index is 2.06. The van der Waals surface area contributed by atoms with Crippen LogP contribution >= 0.6 is 0 Å². The predicted octanol–water partition coefficient (Wildman–Crippen LogP) is 3.78. The summed E-state index contributed by atoms with van der Waals surface area (Å²) in [5, 5.41) is 0. The van der Waals surface area contributed by atoms with Gasteiger partial charge >= 0.3 is 0 Å². The normalized spacial score (nSPS) is 16.8. The van der Waals surface area contributed by atoms with E-state index >= 15 is 0 Å². The number of likely N-dealkylation sites (N-methyl/N-ethyl adjacent to an activating group) is 1. The molecule has 21 heavy (non-hydrogen) atoms. The molecule has 116 valence electrons. The van der Waals surface area contributed by atoms with E-state index < -0.39 is 6.10 Å². The maximum atomic E-state index is 12.5. The second-order valence-electron chi connectivity index (χ2n) is 6.35. The Morgan fingerprint density at radius 1 is 1.24 bits per heavy atom. The van der Waals surface area contributed by atoms with Gasteiger partial charge in [-0.25, -0.2) is 0 Å². The van der Waals surface area contributed by atoms with E-state index in [4.69, 9.17) is 4.74 Å². The predicted molar refractivity (Wildman–Crippen MR) is 85.8 cm³/mol. The van der Waals surface area contributed by atoms with E-state index in [0.29, 0.717) is 6.04 Å². The molecule has 1 fully saturated rings. The fraction of sp³-hybridized carbons (Fsp3) is 0.611. The van der Waals surface area contributed by atoms with Crippen molar-refractivity contribution in [3.8, 4) is 5.75 Å². The van der Waals surface area contributed by atoms with E-state index in [9.17, 15) is 4.79 Å². The molecule has 1 unspecified atom stereocenters. The van der Waals surface area contributed by atoms with Gasteiger partial charge in [0.15, 0.2) is 6.10 Å². The first-order valence-electron chi connectivity index (χ1n) is 7.91. The molecule has 0 bridgehead atoms. The molecule has 0 spiro atoms. The molecule has 3 nitrogen and oxygen atoms in total. The summed E-state index contributed by atoms with van der Waals surface area (Å²) in [5.74, 6) is 0.911. The summed E-state index contributed by atoms with van der Waals surface area (Å²) in [6.45, 7) is 8.02. The maximum absolute atomic E-state index is 12.5. The number of carbonyl (C=O) groups excluding carboxylic acids is 1. The number of ether oxygens (including phenoxy) is 1. The number of hydrogen-bond acceptors (Lipinski definition) is 2. The standard InChI is InChI=1S/C18H27NO2/c1-12-10-13(2)14(3)17(11-12)21-15(4)18(20)19(5)16-8-6-7-9-16/h10-11,15-16H,6-9H2,1-5H3. The maximum Gasteiger partial charge on any atom is 0.263 e. The minimum atomic E-state index is -0.435. The van der Waals surface area contributed by atoms with Gasteiger partial charge < -0.3 is 9.64 Å². The molecule has 1 aromatic carbocycles. The number of amides is 1. The SMILES string of the molecule is Cc1cc(C)c(C)c(OC(C)C(=O)N(C)C2CCCC2)c1. The summed E-state index contributed by atoms with van der Waals surface area (Å²) < 4.78 is 5.96. The average molecular weight is 289 g/mol. The molecule has 1 aliphatic rings. The lowest BCUT2D eigenvalue weighted by atomic mass is 10.1. The zero-order valence-corrected chi connectivity index (χ0v) is 13.9. The minimum absolute atomic E-state index is 0.0838. The molecule has 0 saturated heterocycles. The molecule has 0 heterocycles. The van der Waals surface area contributed by atoms with Gasteiger partial charge in [-0.15, -0.1) is 0 Å². The van der Waals surface area contributed by atoms with Gasteiger partial charge in [0.25, 0.3) is 5.91 Å². The summed E-state index contributed by atoms with van der Waals surface area (Å²) in [7, 11) is 1.91. The van der Waals surface area contributed by atoms with Crippen molar-refractivity contribution in [1.29, 1.82) is 0 Å². The number of nitrogens with zero attached hydrogens (tertiary/aromatic N) is 1. The van der Waals surface area contributed by atoms with Crippen molar-refractivity contribution in [2.24, 2.45) is 0 Å². The zero-order valence-electron chi connectivity index (χ0n) is 13.9. The largest absolute Gasteiger partial charge is 0.481 e. The Kier molecular flexibility index (Phi) is 4.92. The first-order chi connectivity index (χ1) is 9.90. The molecule has 0 N–H and O–H groups in total. The van der Waals surface area contributed by atoms with E-state index in [0.717, 1.165) is 29.7 Å². The van der Waals surface area contributed by atoms with Gasteiger partial charge in [-0.1, -0.05) is 18.9 Å². The lowest BCUT2D eigenvalue weighted by molar-refractivity contribution is -0.138. The van der Waals surface area contributed by atoms with Crippen molar-refractivity contribution >= 4 is 5.91 Å². The summed E-state index contributed by atoms with van der Waals surface area (Å²) in [6, 6.07) is 4.55. The number of benzene rings is 1. The van der Waals surface area contributed by atoms with Crippen molar-refractivity contribution in [3.05, 3.63) is 28.8 Å². The molecule has 1 aliphatic carbocycles. The van der Waals surface area contributed by atoms with Gasteiger partial charge in [-0.05, 0) is 63.3 Å². The Morgan fingerprint density at radius 3 is 2.48 bits per heavy atom. The van der Waals surface area contributed by atoms with Crippen LogP contribution in [0.5, 0.6) is 5.75 Å².